The van der Waals surface area contributed by atoms with Gasteiger partial charge in [-0.05, 0) is 156 Å². The maximum absolute atomic E-state index is 9.19. The van der Waals surface area contributed by atoms with Crippen LogP contribution >= 0.6 is 0 Å². The van der Waals surface area contributed by atoms with Crippen molar-refractivity contribution >= 4 is 49.3 Å². The quantitative estimate of drug-likeness (QED) is 0.149. The second-order valence-electron chi connectivity index (χ2n) is 21.0. The largest absolute Gasteiger partial charge is 0.319 e. The highest BCUT2D eigenvalue weighted by atomic mass is 15.0. The average molecular weight is 956 g/mol. The Bertz CT molecular complexity index is 4060. The summed E-state index contributed by atoms with van der Waals surface area (Å²) in [5, 5.41) is 4.48. The molecule has 5 nitrogen and oxygen atoms in total. The summed E-state index contributed by atoms with van der Waals surface area (Å²) in [6, 6.07) is 60.7. The molecule has 0 saturated heterocycles. The van der Waals surface area contributed by atoms with Gasteiger partial charge in [-0.3, -0.25) is 0 Å². The van der Waals surface area contributed by atoms with E-state index in [0.29, 0.717) is 11.5 Å². The molecule has 0 unspecified atom stereocenters. The van der Waals surface area contributed by atoms with Gasteiger partial charge >= 0.3 is 0 Å². The zero-order valence-corrected chi connectivity index (χ0v) is 43.8. The first kappa shape index (κ1) is 46.2. The van der Waals surface area contributed by atoms with Crippen LogP contribution in [0.1, 0.15) is 55.9 Å². The maximum atomic E-state index is 9.19. The van der Waals surface area contributed by atoms with E-state index in [1.54, 1.807) is 0 Å². The monoisotopic (exact) mass is 955 g/mol. The number of hydrogen-bond acceptors (Lipinski definition) is 2. The highest BCUT2D eigenvalue weighted by molar-refractivity contribution is 6.13. The maximum Gasteiger partial charge on any atom is 0.212 e. The molecule has 9 aromatic carbocycles. The third-order valence-corrected chi connectivity index (χ3v) is 14.7. The molecule has 12 aromatic rings. The Morgan fingerprint density at radius 3 is 0.905 bits per heavy atom. The number of fused-ring (bicyclic) bond motifs is 6. The molecular weight excluding hydrogens is 899 g/mol. The minimum atomic E-state index is 0.520. The summed E-state index contributed by atoms with van der Waals surface area (Å²) in [6.45, 7) is 30.5. The van der Waals surface area contributed by atoms with Crippen molar-refractivity contribution in [2.75, 3.05) is 0 Å². The van der Waals surface area contributed by atoms with Gasteiger partial charge in [0, 0.05) is 44.2 Å². The number of benzene rings is 9. The van der Waals surface area contributed by atoms with Crippen molar-refractivity contribution in [1.29, 1.82) is 0 Å². The standard InChI is InChI=1S/C69H57N5/c1-39-20-40(2)25-53(24-39)49-12-16-57-58-17-13-50(54-26-41(3)21-42(4)27-54)34-64(58)73(63(57)33-49)67-38-62(70-11)68(37-61(67)69-71-47(9)32-48(10)72-69)74-65-35-51(55-28-43(5)22-44(6)29-55)14-18-59(65)60-19-15-52(36-66(60)74)56-30-45(7)23-46(8)31-56/h12-38H,1-10H3. The summed E-state index contributed by atoms with van der Waals surface area (Å²) >= 11 is 0. The molecule has 0 fully saturated rings. The summed E-state index contributed by atoms with van der Waals surface area (Å²) in [5.74, 6) is 0.605. The lowest BCUT2D eigenvalue weighted by molar-refractivity contribution is 1.05. The fourth-order valence-corrected chi connectivity index (χ4v) is 11.9. The molecule has 0 atom stereocenters. The van der Waals surface area contributed by atoms with Crippen LogP contribution in [-0.4, -0.2) is 19.1 Å². The molecular formula is C69H57N5. The Morgan fingerprint density at radius 2 is 0.608 bits per heavy atom. The molecule has 5 heteroatoms. The van der Waals surface area contributed by atoms with Gasteiger partial charge in [-0.15, -0.1) is 0 Å². The van der Waals surface area contributed by atoms with Crippen LogP contribution in [0.15, 0.2) is 164 Å². The van der Waals surface area contributed by atoms with Crippen LogP contribution in [-0.2, 0) is 0 Å². The molecule has 0 amide bonds. The number of hydrogen-bond donors (Lipinski definition) is 0. The predicted octanol–water partition coefficient (Wildman–Crippen LogP) is 18.6. The van der Waals surface area contributed by atoms with Crippen molar-refractivity contribution in [3.8, 4) is 67.3 Å². The van der Waals surface area contributed by atoms with Gasteiger partial charge in [0.2, 0.25) is 5.69 Å². The fourth-order valence-electron chi connectivity index (χ4n) is 11.9. The zero-order valence-electron chi connectivity index (χ0n) is 43.8. The summed E-state index contributed by atoms with van der Waals surface area (Å²) in [5.41, 5.74) is 27.7. The molecule has 0 aliphatic carbocycles. The van der Waals surface area contributed by atoms with E-state index < -0.39 is 0 Å². The smallest absolute Gasteiger partial charge is 0.212 e. The Labute approximate surface area is 433 Å². The predicted molar refractivity (Wildman–Crippen MR) is 312 cm³/mol. The van der Waals surface area contributed by atoms with Gasteiger partial charge in [0.25, 0.3) is 0 Å². The first-order valence-electron chi connectivity index (χ1n) is 25.5. The summed E-state index contributed by atoms with van der Waals surface area (Å²) in [6.07, 6.45) is 0. The molecule has 3 aromatic heterocycles. The van der Waals surface area contributed by atoms with E-state index in [9.17, 15) is 6.57 Å². The van der Waals surface area contributed by atoms with E-state index in [4.69, 9.17) is 9.97 Å². The van der Waals surface area contributed by atoms with Crippen LogP contribution in [0.25, 0.3) is 116 Å². The lowest BCUT2D eigenvalue weighted by Crippen LogP contribution is -2.04. The first-order chi connectivity index (χ1) is 35.6. The molecule has 74 heavy (non-hydrogen) atoms. The lowest BCUT2D eigenvalue weighted by Gasteiger charge is -2.19. The second kappa shape index (κ2) is 17.7. The van der Waals surface area contributed by atoms with E-state index in [1.165, 1.54) is 55.6 Å². The van der Waals surface area contributed by atoms with E-state index in [1.807, 2.05) is 19.9 Å². The lowest BCUT2D eigenvalue weighted by atomic mass is 9.98. The topological polar surface area (TPSA) is 40.0 Å². The Balaban J connectivity index is 1.21. The second-order valence-corrected chi connectivity index (χ2v) is 21.0. The van der Waals surface area contributed by atoms with E-state index in [-0.39, 0.29) is 0 Å². The van der Waals surface area contributed by atoms with Gasteiger partial charge in [-0.25, -0.2) is 14.8 Å². The van der Waals surface area contributed by atoms with Crippen molar-refractivity contribution in [2.45, 2.75) is 69.2 Å². The molecule has 0 bridgehead atoms. The molecule has 0 aliphatic rings. The molecule has 0 spiro atoms. The Morgan fingerprint density at radius 1 is 0.311 bits per heavy atom. The van der Waals surface area contributed by atoms with Gasteiger partial charge in [-0.2, -0.15) is 0 Å². The van der Waals surface area contributed by atoms with Crippen LogP contribution in [0, 0.1) is 75.8 Å². The van der Waals surface area contributed by atoms with Crippen molar-refractivity contribution in [3.63, 3.8) is 0 Å². The summed E-state index contributed by atoms with van der Waals surface area (Å²) in [7, 11) is 0. The first-order valence-corrected chi connectivity index (χ1v) is 25.5. The van der Waals surface area contributed by atoms with Crippen molar-refractivity contribution in [1.82, 2.24) is 19.1 Å². The SMILES string of the molecule is [C-]#[N+]c1cc(-n2c3cc(-c4cc(C)cc(C)c4)ccc3c3ccc(-c4cc(C)cc(C)c4)cc32)c(-c2nc(C)cc(C)n2)cc1-n1c2cc(-c3cc(C)cc(C)c3)ccc2c2ccc(-c3cc(C)cc(C)c3)cc21. The van der Waals surface area contributed by atoms with Crippen LogP contribution in [0.4, 0.5) is 5.69 Å². The normalized spacial score (nSPS) is 11.6. The molecule has 3 heterocycles. The molecule has 0 saturated carbocycles. The molecule has 358 valence electrons. The van der Waals surface area contributed by atoms with Gasteiger partial charge in [-0.1, -0.05) is 166 Å². The van der Waals surface area contributed by atoms with E-state index in [2.05, 4.69) is 227 Å². The van der Waals surface area contributed by atoms with Crippen molar-refractivity contribution in [3.05, 3.63) is 231 Å². The minimum absolute atomic E-state index is 0.520. The van der Waals surface area contributed by atoms with Crippen molar-refractivity contribution in [2.24, 2.45) is 0 Å². The van der Waals surface area contributed by atoms with Crippen LogP contribution in [0.3, 0.4) is 0 Å². The Kier molecular flexibility index (Phi) is 11.1. The fraction of sp³-hybridized carbons (Fsp3) is 0.145. The number of aromatic nitrogens is 4. The summed E-state index contributed by atoms with van der Waals surface area (Å²) < 4.78 is 4.70. The van der Waals surface area contributed by atoms with Crippen LogP contribution < -0.4 is 0 Å². The third-order valence-electron chi connectivity index (χ3n) is 14.7. The molecule has 0 N–H and O–H groups in total. The van der Waals surface area contributed by atoms with Gasteiger partial charge in [0.15, 0.2) is 5.82 Å². The van der Waals surface area contributed by atoms with Crippen LogP contribution in [0.2, 0.25) is 0 Å². The summed E-state index contributed by atoms with van der Waals surface area (Å²) in [4.78, 5) is 15.0. The third kappa shape index (κ3) is 8.14. The number of rotatable bonds is 7. The van der Waals surface area contributed by atoms with Crippen LogP contribution in [0.5, 0.6) is 0 Å². The minimum Gasteiger partial charge on any atom is -0.319 e. The van der Waals surface area contributed by atoms with Crippen molar-refractivity contribution < 1.29 is 0 Å². The van der Waals surface area contributed by atoms with E-state index in [0.717, 1.165) is 105 Å². The molecule has 0 aliphatic heterocycles. The zero-order chi connectivity index (χ0) is 51.3. The molecule has 12 rings (SSSR count). The van der Waals surface area contributed by atoms with Gasteiger partial charge < -0.3 is 9.13 Å². The van der Waals surface area contributed by atoms with Gasteiger partial charge in [0.1, 0.15) is 0 Å². The number of nitrogens with zero attached hydrogens (tertiary/aromatic N) is 5. The number of aryl methyl sites for hydroxylation is 10. The average Bonchev–Trinajstić information content (AvgIpc) is 3.86. The van der Waals surface area contributed by atoms with Gasteiger partial charge in [0.05, 0.1) is 34.3 Å². The Hall–Kier alpha value is -8.85. The molecule has 0 radical (unpaired) electrons. The van der Waals surface area contributed by atoms with E-state index >= 15 is 0 Å². The highest BCUT2D eigenvalue weighted by Crippen LogP contribution is 2.45. The highest BCUT2D eigenvalue weighted by Gasteiger charge is 2.25.